The summed E-state index contributed by atoms with van der Waals surface area (Å²) in [5.74, 6) is -1.23. The fraction of sp³-hybridized carbons (Fsp3) is 0.455. The summed E-state index contributed by atoms with van der Waals surface area (Å²) in [4.78, 5) is 46.4. The number of halogens is 2. The van der Waals surface area contributed by atoms with Crippen LogP contribution in [0.15, 0.2) is 24.5 Å². The molecule has 1 aliphatic carbocycles. The Kier molecular flexibility index (Phi) is 6.19. The van der Waals surface area contributed by atoms with Crippen LogP contribution in [-0.4, -0.2) is 46.8 Å². The predicted octanol–water partition coefficient (Wildman–Crippen LogP) is 3.05. The summed E-state index contributed by atoms with van der Waals surface area (Å²) in [6.07, 6.45) is 4.57. The lowest BCUT2D eigenvalue weighted by Gasteiger charge is -2.36. The zero-order chi connectivity index (χ0) is 22.9. The summed E-state index contributed by atoms with van der Waals surface area (Å²) in [7, 11) is 0. The molecule has 0 atom stereocenters. The Labute approximate surface area is 189 Å². The predicted molar refractivity (Wildman–Crippen MR) is 117 cm³/mol. The summed E-state index contributed by atoms with van der Waals surface area (Å²) in [6.45, 7) is 2.77. The third-order valence-corrected chi connectivity index (χ3v) is 6.71. The van der Waals surface area contributed by atoms with E-state index in [1.165, 1.54) is 24.5 Å². The van der Waals surface area contributed by atoms with Gasteiger partial charge in [0.2, 0.25) is 5.91 Å². The fourth-order valence-corrected chi connectivity index (χ4v) is 4.94. The van der Waals surface area contributed by atoms with Crippen molar-refractivity contribution >= 4 is 35.0 Å². The van der Waals surface area contributed by atoms with Crippen LogP contribution >= 0.6 is 11.6 Å². The smallest absolute Gasteiger partial charge is 0.272 e. The first-order valence-corrected chi connectivity index (χ1v) is 11.1. The maximum Gasteiger partial charge on any atom is 0.272 e. The Morgan fingerprint density at radius 1 is 1.28 bits per heavy atom. The number of amides is 3. The van der Waals surface area contributed by atoms with Crippen molar-refractivity contribution in [2.45, 2.75) is 45.1 Å². The number of imidazole rings is 1. The fourth-order valence-electron chi connectivity index (χ4n) is 4.67. The second-order valence-electron chi connectivity index (χ2n) is 8.32. The molecule has 2 fully saturated rings. The van der Waals surface area contributed by atoms with Gasteiger partial charge in [0.15, 0.2) is 5.69 Å². The minimum atomic E-state index is -0.489. The van der Waals surface area contributed by atoms with Crippen LogP contribution in [0.1, 0.15) is 60.0 Å². The Morgan fingerprint density at radius 3 is 2.72 bits per heavy atom. The molecule has 1 spiro atoms. The highest BCUT2D eigenvalue weighted by Crippen LogP contribution is 2.47. The molecule has 10 heteroatoms. The molecule has 2 heterocycles. The second kappa shape index (κ2) is 8.90. The van der Waals surface area contributed by atoms with Crippen LogP contribution in [0.25, 0.3) is 0 Å². The molecule has 4 rings (SSSR count). The first-order valence-electron chi connectivity index (χ1n) is 10.7. The van der Waals surface area contributed by atoms with Gasteiger partial charge in [-0.15, -0.1) is 0 Å². The van der Waals surface area contributed by atoms with Gasteiger partial charge in [0, 0.05) is 19.1 Å². The lowest BCUT2D eigenvalue weighted by molar-refractivity contribution is -0.127. The van der Waals surface area contributed by atoms with Crippen LogP contribution in [-0.2, 0) is 4.79 Å². The molecule has 0 radical (unpaired) electrons. The topological polar surface area (TPSA) is 107 Å². The van der Waals surface area contributed by atoms with E-state index in [2.05, 4.69) is 20.6 Å². The van der Waals surface area contributed by atoms with Gasteiger partial charge >= 0.3 is 0 Å². The number of hydrogen-bond acceptors (Lipinski definition) is 4. The van der Waals surface area contributed by atoms with E-state index in [0.29, 0.717) is 50.9 Å². The molecule has 8 nitrogen and oxygen atoms in total. The van der Waals surface area contributed by atoms with Crippen LogP contribution in [0.5, 0.6) is 0 Å². The van der Waals surface area contributed by atoms with Crippen LogP contribution < -0.4 is 15.5 Å². The number of carbonyl (C=O) groups excluding carboxylic acids is 3. The Hall–Kier alpha value is -2.94. The molecular weight excluding hydrogens is 437 g/mol. The van der Waals surface area contributed by atoms with Gasteiger partial charge in [-0.2, -0.15) is 0 Å². The average Bonchev–Trinajstić information content (AvgIpc) is 3.37. The normalized spacial score (nSPS) is 22.9. The van der Waals surface area contributed by atoms with Crippen LogP contribution in [0.2, 0.25) is 5.02 Å². The van der Waals surface area contributed by atoms with Crippen molar-refractivity contribution in [2.75, 3.05) is 18.0 Å². The molecule has 32 heavy (non-hydrogen) atoms. The summed E-state index contributed by atoms with van der Waals surface area (Å²) in [5.41, 5.74) is 0.235. The number of H-pyrrole nitrogens is 1. The van der Waals surface area contributed by atoms with E-state index in [1.807, 2.05) is 0 Å². The SMILES string of the molecule is CCNC(=O)c1[nH]cnc1C(=O)N[C@H]1CC[C@@]2(CCN(c3ccc(F)cc3Cl)C2=O)CC1. The first kappa shape index (κ1) is 22.3. The zero-order valence-corrected chi connectivity index (χ0v) is 18.5. The van der Waals surface area contributed by atoms with Gasteiger partial charge in [-0.05, 0) is 57.2 Å². The second-order valence-corrected chi connectivity index (χ2v) is 8.72. The molecule has 170 valence electrons. The van der Waals surface area contributed by atoms with Crippen molar-refractivity contribution in [3.8, 4) is 0 Å². The summed E-state index contributed by atoms with van der Waals surface area (Å²) >= 11 is 6.17. The van der Waals surface area contributed by atoms with E-state index in [4.69, 9.17) is 11.6 Å². The van der Waals surface area contributed by atoms with Crippen LogP contribution in [0.3, 0.4) is 0 Å². The van der Waals surface area contributed by atoms with Crippen molar-refractivity contribution in [3.63, 3.8) is 0 Å². The summed E-state index contributed by atoms with van der Waals surface area (Å²) in [5, 5.41) is 5.82. The van der Waals surface area contributed by atoms with Gasteiger partial charge < -0.3 is 20.5 Å². The van der Waals surface area contributed by atoms with Gasteiger partial charge in [0.1, 0.15) is 11.5 Å². The quantitative estimate of drug-likeness (QED) is 0.636. The number of aromatic nitrogens is 2. The maximum absolute atomic E-state index is 13.4. The molecule has 2 aliphatic rings. The van der Waals surface area contributed by atoms with E-state index < -0.39 is 17.1 Å². The molecule has 3 N–H and O–H groups in total. The Balaban J connectivity index is 1.38. The molecule has 1 aromatic heterocycles. The molecule has 1 saturated heterocycles. The van der Waals surface area contributed by atoms with E-state index in [9.17, 15) is 18.8 Å². The number of anilines is 1. The van der Waals surface area contributed by atoms with Crippen molar-refractivity contribution in [1.29, 1.82) is 0 Å². The monoisotopic (exact) mass is 461 g/mol. The largest absolute Gasteiger partial charge is 0.351 e. The zero-order valence-electron chi connectivity index (χ0n) is 17.7. The number of hydrogen-bond donors (Lipinski definition) is 3. The highest BCUT2D eigenvalue weighted by Gasteiger charge is 2.49. The standard InChI is InChI=1S/C22H25ClFN5O3/c1-2-25-19(30)17-18(27-12-26-17)20(31)28-14-5-7-22(8-6-14)9-10-29(21(22)32)16-4-3-13(24)11-15(16)23/h3-4,11-12,14H,2,5-10H2,1H3,(H,25,30)(H,26,27)(H,28,31)/t14-,22-. The lowest BCUT2D eigenvalue weighted by atomic mass is 9.71. The number of rotatable bonds is 5. The molecule has 0 unspecified atom stereocenters. The van der Waals surface area contributed by atoms with Gasteiger partial charge in [-0.1, -0.05) is 11.6 Å². The molecule has 3 amide bonds. The minimum absolute atomic E-state index is 0.00149. The van der Waals surface area contributed by atoms with E-state index in [0.717, 1.165) is 0 Å². The van der Waals surface area contributed by atoms with Crippen molar-refractivity contribution in [2.24, 2.45) is 5.41 Å². The van der Waals surface area contributed by atoms with E-state index >= 15 is 0 Å². The van der Waals surface area contributed by atoms with Gasteiger partial charge in [-0.25, -0.2) is 9.37 Å². The third-order valence-electron chi connectivity index (χ3n) is 6.41. The van der Waals surface area contributed by atoms with Crippen molar-refractivity contribution < 1.29 is 18.8 Å². The van der Waals surface area contributed by atoms with Crippen molar-refractivity contribution in [1.82, 2.24) is 20.6 Å². The van der Waals surface area contributed by atoms with Gasteiger partial charge in [0.05, 0.1) is 22.5 Å². The minimum Gasteiger partial charge on any atom is -0.351 e. The average molecular weight is 462 g/mol. The third kappa shape index (κ3) is 4.09. The summed E-state index contributed by atoms with van der Waals surface area (Å²) < 4.78 is 13.4. The Morgan fingerprint density at radius 2 is 2.03 bits per heavy atom. The summed E-state index contributed by atoms with van der Waals surface area (Å²) in [6, 6.07) is 3.95. The lowest BCUT2D eigenvalue weighted by Crippen LogP contribution is -2.44. The van der Waals surface area contributed by atoms with Gasteiger partial charge in [0.25, 0.3) is 11.8 Å². The number of nitrogens with one attached hydrogen (secondary N) is 3. The van der Waals surface area contributed by atoms with Crippen LogP contribution in [0, 0.1) is 11.2 Å². The highest BCUT2D eigenvalue weighted by atomic mass is 35.5. The Bertz CT molecular complexity index is 1050. The molecule has 1 aromatic carbocycles. The molecule has 2 aromatic rings. The van der Waals surface area contributed by atoms with Crippen molar-refractivity contribution in [3.05, 3.63) is 46.8 Å². The molecule has 1 saturated carbocycles. The molecular formula is C22H25ClFN5O3. The van der Waals surface area contributed by atoms with Gasteiger partial charge in [-0.3, -0.25) is 14.4 Å². The molecule has 1 aliphatic heterocycles. The number of benzene rings is 1. The number of aromatic amines is 1. The number of nitrogens with zero attached hydrogens (tertiary/aromatic N) is 2. The first-order chi connectivity index (χ1) is 15.3. The number of carbonyl (C=O) groups is 3. The van der Waals surface area contributed by atoms with E-state index in [1.54, 1.807) is 11.8 Å². The highest BCUT2D eigenvalue weighted by molar-refractivity contribution is 6.34. The molecule has 0 bridgehead atoms. The van der Waals surface area contributed by atoms with Crippen LogP contribution in [0.4, 0.5) is 10.1 Å². The van der Waals surface area contributed by atoms with E-state index in [-0.39, 0.29) is 34.3 Å². The maximum atomic E-state index is 13.4.